The third-order valence-electron chi connectivity index (χ3n) is 3.37. The van der Waals surface area contributed by atoms with Crippen LogP contribution in [-0.2, 0) is 6.42 Å². The standard InChI is InChI=1S/C17H14BrFN2/c18-16-3-1-2-15-14(16)9-11-21-17(15)20-10-8-12-4-6-13(19)7-5-12/h1-7,9,11H,8,10H2,(H,20,21). The second-order valence-corrected chi connectivity index (χ2v) is 5.65. The van der Waals surface area contributed by atoms with E-state index in [1.54, 1.807) is 6.20 Å². The number of hydrogen-bond acceptors (Lipinski definition) is 2. The minimum absolute atomic E-state index is 0.202. The van der Waals surface area contributed by atoms with Gasteiger partial charge in [0.1, 0.15) is 11.6 Å². The maximum atomic E-state index is 12.9. The number of nitrogens with zero attached hydrogens (tertiary/aromatic N) is 1. The maximum absolute atomic E-state index is 12.9. The van der Waals surface area contributed by atoms with Crippen LogP contribution in [-0.4, -0.2) is 11.5 Å². The number of anilines is 1. The molecule has 21 heavy (non-hydrogen) atoms. The van der Waals surface area contributed by atoms with Gasteiger partial charge in [0, 0.05) is 28.0 Å². The van der Waals surface area contributed by atoms with E-state index in [0.717, 1.165) is 39.6 Å². The zero-order valence-corrected chi connectivity index (χ0v) is 12.9. The summed E-state index contributed by atoms with van der Waals surface area (Å²) in [6.07, 6.45) is 2.62. The van der Waals surface area contributed by atoms with Crippen molar-refractivity contribution in [3.8, 4) is 0 Å². The van der Waals surface area contributed by atoms with E-state index in [9.17, 15) is 4.39 Å². The zero-order valence-electron chi connectivity index (χ0n) is 11.3. The highest BCUT2D eigenvalue weighted by atomic mass is 79.9. The molecule has 1 heterocycles. The highest BCUT2D eigenvalue weighted by molar-refractivity contribution is 9.10. The minimum atomic E-state index is -0.202. The lowest BCUT2D eigenvalue weighted by atomic mass is 10.1. The first-order valence-electron chi connectivity index (χ1n) is 6.75. The molecule has 0 bridgehead atoms. The van der Waals surface area contributed by atoms with E-state index in [-0.39, 0.29) is 5.82 Å². The fourth-order valence-electron chi connectivity index (χ4n) is 2.29. The van der Waals surface area contributed by atoms with Crippen molar-refractivity contribution in [1.29, 1.82) is 0 Å². The Morgan fingerprint density at radius 3 is 2.62 bits per heavy atom. The van der Waals surface area contributed by atoms with Gasteiger partial charge in [-0.3, -0.25) is 0 Å². The van der Waals surface area contributed by atoms with Gasteiger partial charge in [0.15, 0.2) is 0 Å². The molecule has 0 aliphatic carbocycles. The van der Waals surface area contributed by atoms with Gasteiger partial charge in [0.05, 0.1) is 0 Å². The van der Waals surface area contributed by atoms with E-state index in [1.807, 2.05) is 36.4 Å². The molecule has 3 rings (SSSR count). The van der Waals surface area contributed by atoms with Crippen LogP contribution in [0.3, 0.4) is 0 Å². The molecule has 0 unspecified atom stereocenters. The highest BCUT2D eigenvalue weighted by Crippen LogP contribution is 2.27. The van der Waals surface area contributed by atoms with Crippen LogP contribution in [0.5, 0.6) is 0 Å². The van der Waals surface area contributed by atoms with E-state index in [2.05, 4.69) is 26.2 Å². The fraction of sp³-hybridized carbons (Fsp3) is 0.118. The second-order valence-electron chi connectivity index (χ2n) is 4.80. The molecule has 4 heteroatoms. The third kappa shape index (κ3) is 3.22. The topological polar surface area (TPSA) is 24.9 Å². The molecular formula is C17H14BrFN2. The summed E-state index contributed by atoms with van der Waals surface area (Å²) in [6, 6.07) is 14.7. The van der Waals surface area contributed by atoms with Gasteiger partial charge < -0.3 is 5.32 Å². The van der Waals surface area contributed by atoms with Crippen molar-refractivity contribution in [2.75, 3.05) is 11.9 Å². The van der Waals surface area contributed by atoms with Crippen LogP contribution in [0.2, 0.25) is 0 Å². The normalized spacial score (nSPS) is 10.8. The van der Waals surface area contributed by atoms with E-state index in [0.29, 0.717) is 0 Å². The first-order chi connectivity index (χ1) is 10.2. The van der Waals surface area contributed by atoms with Crippen molar-refractivity contribution in [1.82, 2.24) is 4.98 Å². The zero-order chi connectivity index (χ0) is 14.7. The summed E-state index contributed by atoms with van der Waals surface area (Å²) >= 11 is 3.55. The average molecular weight is 345 g/mol. The average Bonchev–Trinajstić information content (AvgIpc) is 2.50. The lowest BCUT2D eigenvalue weighted by Crippen LogP contribution is -2.06. The summed E-state index contributed by atoms with van der Waals surface area (Å²) in [5.74, 6) is 0.670. The molecule has 0 fully saturated rings. The lowest BCUT2D eigenvalue weighted by molar-refractivity contribution is 0.627. The SMILES string of the molecule is Fc1ccc(CCNc2nccc3c(Br)cccc23)cc1. The molecule has 2 nitrogen and oxygen atoms in total. The van der Waals surface area contributed by atoms with Gasteiger partial charge in [0.2, 0.25) is 0 Å². The van der Waals surface area contributed by atoms with E-state index < -0.39 is 0 Å². The number of halogens is 2. The van der Waals surface area contributed by atoms with Crippen LogP contribution in [0.1, 0.15) is 5.56 Å². The van der Waals surface area contributed by atoms with Crippen molar-refractivity contribution in [2.45, 2.75) is 6.42 Å². The lowest BCUT2D eigenvalue weighted by Gasteiger charge is -2.09. The van der Waals surface area contributed by atoms with Crippen LogP contribution in [0.15, 0.2) is 59.2 Å². The van der Waals surface area contributed by atoms with Gasteiger partial charge in [-0.2, -0.15) is 0 Å². The molecule has 0 aliphatic heterocycles. The van der Waals surface area contributed by atoms with E-state index in [1.165, 1.54) is 12.1 Å². The Balaban J connectivity index is 1.73. The number of aromatic nitrogens is 1. The first-order valence-corrected chi connectivity index (χ1v) is 7.55. The largest absolute Gasteiger partial charge is 0.369 e. The van der Waals surface area contributed by atoms with Gasteiger partial charge in [0.25, 0.3) is 0 Å². The Hall–Kier alpha value is -1.94. The molecule has 0 radical (unpaired) electrons. The van der Waals surface area contributed by atoms with Gasteiger partial charge in [-0.1, -0.05) is 40.2 Å². The Morgan fingerprint density at radius 2 is 1.81 bits per heavy atom. The molecule has 0 spiro atoms. The van der Waals surface area contributed by atoms with Crippen molar-refractivity contribution in [2.24, 2.45) is 0 Å². The van der Waals surface area contributed by atoms with Crippen LogP contribution in [0.4, 0.5) is 10.2 Å². The summed E-state index contributed by atoms with van der Waals surface area (Å²) in [6.45, 7) is 0.754. The predicted molar refractivity (Wildman–Crippen MR) is 88.0 cm³/mol. The van der Waals surface area contributed by atoms with Crippen molar-refractivity contribution in [3.63, 3.8) is 0 Å². The number of fused-ring (bicyclic) bond motifs is 1. The summed E-state index contributed by atoms with van der Waals surface area (Å²) in [5, 5.41) is 5.58. The molecule has 3 aromatic rings. The molecule has 0 aliphatic rings. The number of rotatable bonds is 4. The molecule has 1 aromatic heterocycles. The van der Waals surface area contributed by atoms with Gasteiger partial charge in [-0.05, 0) is 36.2 Å². The van der Waals surface area contributed by atoms with Gasteiger partial charge >= 0.3 is 0 Å². The number of pyridine rings is 1. The second kappa shape index (κ2) is 6.22. The maximum Gasteiger partial charge on any atom is 0.133 e. The predicted octanol–water partition coefficient (Wildman–Crippen LogP) is 4.79. The Labute approximate surface area is 131 Å². The van der Waals surface area contributed by atoms with Crippen molar-refractivity contribution < 1.29 is 4.39 Å². The van der Waals surface area contributed by atoms with E-state index in [4.69, 9.17) is 0 Å². The summed E-state index contributed by atoms with van der Waals surface area (Å²) < 4.78 is 13.9. The van der Waals surface area contributed by atoms with Crippen LogP contribution >= 0.6 is 15.9 Å². The Morgan fingerprint density at radius 1 is 1.00 bits per heavy atom. The molecule has 1 N–H and O–H groups in total. The molecule has 106 valence electrons. The first kappa shape index (κ1) is 14.0. The van der Waals surface area contributed by atoms with Crippen molar-refractivity contribution in [3.05, 3.63) is 70.6 Å². The number of hydrogen-bond donors (Lipinski definition) is 1. The smallest absolute Gasteiger partial charge is 0.133 e. The van der Waals surface area contributed by atoms with Gasteiger partial charge in [-0.25, -0.2) is 9.37 Å². The van der Waals surface area contributed by atoms with Crippen LogP contribution in [0, 0.1) is 5.82 Å². The summed E-state index contributed by atoms with van der Waals surface area (Å²) in [4.78, 5) is 4.40. The Bertz CT molecular complexity index is 756. The minimum Gasteiger partial charge on any atom is -0.369 e. The molecular weight excluding hydrogens is 331 g/mol. The van der Waals surface area contributed by atoms with Crippen LogP contribution < -0.4 is 5.32 Å². The summed E-state index contributed by atoms with van der Waals surface area (Å²) in [7, 11) is 0. The molecule has 0 saturated heterocycles. The van der Waals surface area contributed by atoms with Gasteiger partial charge in [-0.15, -0.1) is 0 Å². The third-order valence-corrected chi connectivity index (χ3v) is 4.06. The summed E-state index contributed by atoms with van der Waals surface area (Å²) in [5.41, 5.74) is 1.10. The molecule has 0 saturated carbocycles. The van der Waals surface area contributed by atoms with Crippen molar-refractivity contribution >= 4 is 32.5 Å². The van der Waals surface area contributed by atoms with E-state index >= 15 is 0 Å². The molecule has 0 amide bonds. The number of benzene rings is 2. The molecule has 0 atom stereocenters. The quantitative estimate of drug-likeness (QED) is 0.735. The van der Waals surface area contributed by atoms with Crippen LogP contribution in [0.25, 0.3) is 10.8 Å². The monoisotopic (exact) mass is 344 g/mol. The fourth-order valence-corrected chi connectivity index (χ4v) is 2.78. The Kier molecular flexibility index (Phi) is 4.15. The molecule has 2 aromatic carbocycles. The highest BCUT2D eigenvalue weighted by Gasteiger charge is 2.04. The number of nitrogens with one attached hydrogen (secondary N) is 1.